The highest BCUT2D eigenvalue weighted by atomic mass is 16.5. The van der Waals surface area contributed by atoms with E-state index in [2.05, 4.69) is 54.5 Å². The lowest BCUT2D eigenvalue weighted by Crippen LogP contribution is -2.69. The van der Waals surface area contributed by atoms with E-state index in [1.54, 1.807) is 13.0 Å². The van der Waals surface area contributed by atoms with Gasteiger partial charge in [-0.15, -0.1) is 0 Å². The number of allylic oxidation sites excluding steroid dienone is 3. The number of aliphatic hydroxyl groups is 3. The van der Waals surface area contributed by atoms with Crippen LogP contribution in [0.25, 0.3) is 0 Å². The Morgan fingerprint density at radius 1 is 0.975 bits per heavy atom. The molecule has 0 spiro atoms. The summed E-state index contributed by atoms with van der Waals surface area (Å²) in [5.74, 6) is 0.537. The number of carbonyl (C=O) groups excluding carboxylic acids is 1. The Bertz CT molecular complexity index is 1100. The summed E-state index contributed by atoms with van der Waals surface area (Å²) in [5, 5.41) is 34.3. The topological polar surface area (TPSA) is 87.0 Å². The fourth-order valence-electron chi connectivity index (χ4n) is 11.4. The van der Waals surface area contributed by atoms with Gasteiger partial charge in [-0.3, -0.25) is 0 Å². The minimum absolute atomic E-state index is 0.00139. The van der Waals surface area contributed by atoms with E-state index in [9.17, 15) is 20.1 Å². The third-order valence-electron chi connectivity index (χ3n) is 14.1. The number of ether oxygens (including phenoxy) is 1. The molecule has 5 rings (SSSR count). The zero-order chi connectivity index (χ0) is 29.7. The van der Waals surface area contributed by atoms with Crippen molar-refractivity contribution in [3.63, 3.8) is 0 Å². The smallest absolute Gasteiger partial charge is 0.333 e. The van der Waals surface area contributed by atoms with Crippen LogP contribution in [0, 0.1) is 50.2 Å². The van der Waals surface area contributed by atoms with Crippen molar-refractivity contribution < 1.29 is 24.9 Å². The Morgan fingerprint density at radius 2 is 1.65 bits per heavy atom. The second kappa shape index (κ2) is 9.41. The second-order valence-corrected chi connectivity index (χ2v) is 16.7. The van der Waals surface area contributed by atoms with E-state index in [4.69, 9.17) is 4.74 Å². The van der Waals surface area contributed by atoms with Crippen molar-refractivity contribution >= 4 is 5.97 Å². The third-order valence-corrected chi connectivity index (χ3v) is 14.1. The molecule has 5 nitrogen and oxygen atoms in total. The molecule has 0 aliphatic heterocycles. The minimum atomic E-state index is -0.897. The van der Waals surface area contributed by atoms with Crippen LogP contribution in [0.2, 0.25) is 0 Å². The quantitative estimate of drug-likeness (QED) is 0.207. The van der Waals surface area contributed by atoms with Crippen molar-refractivity contribution in [1.29, 1.82) is 0 Å². The molecule has 0 heterocycles. The maximum atomic E-state index is 13.0. The highest BCUT2D eigenvalue weighted by Gasteiger charge is 2.71. The lowest BCUT2D eigenvalue weighted by Gasteiger charge is -2.72. The molecule has 5 heteroatoms. The summed E-state index contributed by atoms with van der Waals surface area (Å²) < 4.78 is 6.20. The van der Waals surface area contributed by atoms with Crippen molar-refractivity contribution in [3.05, 3.63) is 23.3 Å². The van der Waals surface area contributed by atoms with Crippen LogP contribution >= 0.6 is 0 Å². The molecule has 0 aromatic heterocycles. The van der Waals surface area contributed by atoms with Gasteiger partial charge in [0.25, 0.3) is 0 Å². The van der Waals surface area contributed by atoms with Gasteiger partial charge in [0.05, 0.1) is 24.2 Å². The second-order valence-electron chi connectivity index (χ2n) is 16.7. The van der Waals surface area contributed by atoms with Crippen LogP contribution in [0.15, 0.2) is 23.3 Å². The standard InChI is InChI=1S/C35H56O5/c1-10-21(2)29(39)40-28-19-30(3,4)17-23-22-11-12-25-32(7)15-14-26(37)31(5,6)24(32)13-16-33(25,8)34(22,9)18-27(38)35(23,28)20-36/h10-11,23-28,36-38H,12-20H2,1-9H3/b21-10-/t23-,24?,25+,26-,27+,28-,32-,33+,34+,35-/m0/s1. The van der Waals surface area contributed by atoms with Crippen LogP contribution in [0.5, 0.6) is 0 Å². The number of aliphatic hydroxyl groups excluding tert-OH is 3. The molecule has 0 aromatic rings. The van der Waals surface area contributed by atoms with Crippen LogP contribution < -0.4 is 0 Å². The number of hydrogen-bond donors (Lipinski definition) is 3. The van der Waals surface area contributed by atoms with Crippen LogP contribution in [0.3, 0.4) is 0 Å². The highest BCUT2D eigenvalue weighted by Crippen LogP contribution is 2.75. The van der Waals surface area contributed by atoms with Gasteiger partial charge >= 0.3 is 5.97 Å². The molecule has 40 heavy (non-hydrogen) atoms. The van der Waals surface area contributed by atoms with E-state index < -0.39 is 17.6 Å². The summed E-state index contributed by atoms with van der Waals surface area (Å²) >= 11 is 0. The lowest BCUT2D eigenvalue weighted by atomic mass is 9.33. The molecule has 1 unspecified atom stereocenters. The predicted molar refractivity (Wildman–Crippen MR) is 158 cm³/mol. The average molecular weight is 557 g/mol. The Kier molecular flexibility index (Phi) is 7.13. The number of carbonyl (C=O) groups is 1. The van der Waals surface area contributed by atoms with Gasteiger partial charge in [-0.1, -0.05) is 66.2 Å². The summed E-state index contributed by atoms with van der Waals surface area (Å²) in [6.45, 7) is 19.8. The summed E-state index contributed by atoms with van der Waals surface area (Å²) in [7, 11) is 0. The average Bonchev–Trinajstić information content (AvgIpc) is 2.86. The fourth-order valence-corrected chi connectivity index (χ4v) is 11.4. The van der Waals surface area contributed by atoms with Crippen LogP contribution in [-0.2, 0) is 9.53 Å². The zero-order valence-corrected chi connectivity index (χ0v) is 26.6. The Morgan fingerprint density at radius 3 is 2.27 bits per heavy atom. The van der Waals surface area contributed by atoms with E-state index in [0.717, 1.165) is 38.5 Å². The van der Waals surface area contributed by atoms with E-state index in [1.165, 1.54) is 5.57 Å². The van der Waals surface area contributed by atoms with E-state index in [0.29, 0.717) is 30.3 Å². The largest absolute Gasteiger partial charge is 0.458 e. The molecular weight excluding hydrogens is 500 g/mol. The monoisotopic (exact) mass is 556 g/mol. The van der Waals surface area contributed by atoms with Gasteiger partial charge in [-0.25, -0.2) is 4.79 Å². The summed E-state index contributed by atoms with van der Waals surface area (Å²) in [6.07, 6.45) is 9.83. The molecule has 0 saturated heterocycles. The molecule has 4 saturated carbocycles. The third kappa shape index (κ3) is 3.85. The first-order chi connectivity index (χ1) is 18.4. The van der Waals surface area contributed by atoms with Gasteiger partial charge in [-0.2, -0.15) is 0 Å². The van der Waals surface area contributed by atoms with Crippen molar-refractivity contribution in [2.24, 2.45) is 50.2 Å². The minimum Gasteiger partial charge on any atom is -0.458 e. The zero-order valence-electron chi connectivity index (χ0n) is 26.6. The van der Waals surface area contributed by atoms with Gasteiger partial charge < -0.3 is 20.1 Å². The Balaban J connectivity index is 1.60. The normalized spacial score (nSPS) is 49.5. The molecule has 0 amide bonds. The SMILES string of the molecule is C/C=C(/C)C(=O)O[C@H]1CC(C)(C)C[C@H]2C3=CC[C@@H]4[C@@]5(C)CC[C@H](O)C(C)(C)C5CC[C@@]4(C)[C@]3(C)C[C@@H](O)[C@@]12CO. The number of hydrogen-bond acceptors (Lipinski definition) is 5. The molecule has 226 valence electrons. The van der Waals surface area contributed by atoms with E-state index in [1.807, 2.05) is 6.92 Å². The molecule has 4 fully saturated rings. The number of fused-ring (bicyclic) bond motifs is 7. The molecule has 10 atom stereocenters. The maximum absolute atomic E-state index is 13.0. The van der Waals surface area contributed by atoms with Gasteiger partial charge in [0.15, 0.2) is 0 Å². The number of rotatable bonds is 3. The summed E-state index contributed by atoms with van der Waals surface area (Å²) in [4.78, 5) is 13.0. The summed E-state index contributed by atoms with van der Waals surface area (Å²) in [5.41, 5.74) is 0.763. The molecule has 3 N–H and O–H groups in total. The number of esters is 1. The first-order valence-electron chi connectivity index (χ1n) is 16.0. The molecule has 0 radical (unpaired) electrons. The van der Waals surface area contributed by atoms with E-state index in [-0.39, 0.29) is 51.7 Å². The van der Waals surface area contributed by atoms with Crippen molar-refractivity contribution in [1.82, 2.24) is 0 Å². The fraction of sp³-hybridized carbons (Fsp3) is 0.857. The lowest BCUT2D eigenvalue weighted by molar-refractivity contribution is -0.239. The first kappa shape index (κ1) is 30.3. The molecule has 5 aliphatic rings. The van der Waals surface area contributed by atoms with Crippen molar-refractivity contribution in [3.8, 4) is 0 Å². The van der Waals surface area contributed by atoms with Gasteiger partial charge in [0, 0.05) is 5.57 Å². The van der Waals surface area contributed by atoms with Crippen molar-refractivity contribution in [2.75, 3.05) is 6.61 Å². The Hall–Kier alpha value is -1.17. The van der Waals surface area contributed by atoms with Crippen LogP contribution in [0.4, 0.5) is 0 Å². The molecular formula is C35H56O5. The molecule has 0 aromatic carbocycles. The van der Waals surface area contributed by atoms with Gasteiger partial charge in [0.2, 0.25) is 0 Å². The van der Waals surface area contributed by atoms with Gasteiger partial charge in [-0.05, 0) is 110 Å². The predicted octanol–water partition coefficient (Wildman–Crippen LogP) is 6.60. The van der Waals surface area contributed by atoms with Crippen molar-refractivity contribution in [2.45, 2.75) is 132 Å². The molecule has 0 bridgehead atoms. The maximum Gasteiger partial charge on any atom is 0.333 e. The van der Waals surface area contributed by atoms with Crippen LogP contribution in [-0.4, -0.2) is 46.2 Å². The summed E-state index contributed by atoms with van der Waals surface area (Å²) in [6, 6.07) is 0. The van der Waals surface area contributed by atoms with Crippen LogP contribution in [0.1, 0.15) is 114 Å². The van der Waals surface area contributed by atoms with Gasteiger partial charge in [0.1, 0.15) is 6.10 Å². The molecule has 5 aliphatic carbocycles. The first-order valence-corrected chi connectivity index (χ1v) is 16.0. The Labute approximate surface area is 242 Å². The van der Waals surface area contributed by atoms with E-state index >= 15 is 0 Å². The highest BCUT2D eigenvalue weighted by molar-refractivity contribution is 5.87.